The van der Waals surface area contributed by atoms with E-state index in [0.29, 0.717) is 38.0 Å². The van der Waals surface area contributed by atoms with Gasteiger partial charge in [0.15, 0.2) is 11.6 Å². The van der Waals surface area contributed by atoms with Gasteiger partial charge in [-0.05, 0) is 63.9 Å². The molecule has 0 bridgehead atoms. The highest BCUT2D eigenvalue weighted by Gasteiger charge is 2.26. The van der Waals surface area contributed by atoms with Crippen molar-refractivity contribution in [2.75, 3.05) is 39.0 Å². The fourth-order valence-corrected chi connectivity index (χ4v) is 5.48. The van der Waals surface area contributed by atoms with Crippen LogP contribution in [-0.2, 0) is 14.8 Å². The molecule has 3 amide bonds. The van der Waals surface area contributed by atoms with E-state index in [1.54, 1.807) is 19.1 Å². The van der Waals surface area contributed by atoms with Crippen LogP contribution in [0.15, 0.2) is 18.2 Å². The van der Waals surface area contributed by atoms with Gasteiger partial charge in [-0.1, -0.05) is 12.5 Å². The average Bonchev–Trinajstić information content (AvgIpc) is 3.30. The second-order valence-corrected chi connectivity index (χ2v) is 10.6. The number of rotatable bonds is 12. The fourth-order valence-electron chi connectivity index (χ4n) is 4.11. The van der Waals surface area contributed by atoms with Crippen LogP contribution in [-0.4, -0.2) is 75.2 Å². The molecule has 1 aromatic carbocycles. The smallest absolute Gasteiger partial charge is 0.324 e. The lowest BCUT2D eigenvalue weighted by atomic mass is 10.1. The molecular weight excluding hydrogens is 451 g/mol. The van der Waals surface area contributed by atoms with Gasteiger partial charge in [-0.2, -0.15) is 0 Å². The average molecular weight is 485 g/mol. The van der Waals surface area contributed by atoms with Gasteiger partial charge >= 0.3 is 6.03 Å². The molecule has 2 fully saturated rings. The number of likely N-dealkylation sites (tertiary alicyclic amines) is 1. The van der Waals surface area contributed by atoms with Crippen LogP contribution in [0.2, 0.25) is 0 Å². The van der Waals surface area contributed by atoms with Crippen LogP contribution in [0.3, 0.4) is 0 Å². The van der Waals surface area contributed by atoms with Crippen molar-refractivity contribution in [1.29, 1.82) is 0 Å². The number of unbranched alkanes of at least 4 members (excludes halogenated alkanes) is 2. The van der Waals surface area contributed by atoms with Crippen molar-refractivity contribution in [3.63, 3.8) is 0 Å². The molecule has 2 atom stereocenters. The zero-order valence-corrected chi connectivity index (χ0v) is 20.0. The number of carbonyl (C=O) groups is 2. The quantitative estimate of drug-likeness (QED) is 0.347. The number of hydrogen-bond acceptors (Lipinski definition) is 6. The second-order valence-electron chi connectivity index (χ2n) is 8.77. The van der Waals surface area contributed by atoms with E-state index in [-0.39, 0.29) is 30.0 Å². The SMILES string of the molecule is C[C@@H](NS(=O)(=O)CCCCCN1CC(=O)NC1=O)c1ccc(F)c(OCC2CCCN2C)c1. The number of nitrogens with zero attached hydrogens (tertiary/aromatic N) is 2. The number of benzene rings is 1. The number of likely N-dealkylation sites (N-methyl/N-ethyl adjacent to an activating group) is 1. The molecule has 3 rings (SSSR count). The zero-order valence-electron chi connectivity index (χ0n) is 19.2. The van der Waals surface area contributed by atoms with E-state index in [4.69, 9.17) is 4.74 Å². The Morgan fingerprint density at radius 3 is 2.73 bits per heavy atom. The minimum absolute atomic E-state index is 0.0525. The Morgan fingerprint density at radius 2 is 2.06 bits per heavy atom. The van der Waals surface area contributed by atoms with Crippen molar-refractivity contribution in [2.45, 2.75) is 51.1 Å². The Balaban J connectivity index is 1.44. The summed E-state index contributed by atoms with van der Waals surface area (Å²) in [4.78, 5) is 26.3. The first-order valence-electron chi connectivity index (χ1n) is 11.4. The molecule has 0 spiro atoms. The van der Waals surface area contributed by atoms with Gasteiger partial charge < -0.3 is 14.5 Å². The lowest BCUT2D eigenvalue weighted by Gasteiger charge is -2.21. The van der Waals surface area contributed by atoms with Crippen molar-refractivity contribution in [2.24, 2.45) is 0 Å². The Bertz CT molecular complexity index is 958. The molecule has 2 heterocycles. The molecule has 1 unspecified atom stereocenters. The predicted octanol–water partition coefficient (Wildman–Crippen LogP) is 2.00. The molecule has 0 aromatic heterocycles. The van der Waals surface area contributed by atoms with Gasteiger partial charge in [-0.25, -0.2) is 22.3 Å². The number of halogens is 1. The number of sulfonamides is 1. The van der Waals surface area contributed by atoms with Crippen LogP contribution in [0.4, 0.5) is 9.18 Å². The maximum absolute atomic E-state index is 14.2. The predicted molar refractivity (Wildman–Crippen MR) is 122 cm³/mol. The Morgan fingerprint density at radius 1 is 1.27 bits per heavy atom. The summed E-state index contributed by atoms with van der Waals surface area (Å²) in [5.74, 6) is -0.715. The van der Waals surface area contributed by atoms with Gasteiger partial charge in [0.1, 0.15) is 13.2 Å². The van der Waals surface area contributed by atoms with Crippen LogP contribution >= 0.6 is 0 Å². The molecule has 33 heavy (non-hydrogen) atoms. The maximum atomic E-state index is 14.2. The molecule has 2 N–H and O–H groups in total. The molecule has 0 radical (unpaired) electrons. The number of urea groups is 1. The normalized spacial score (nSPS) is 20.3. The zero-order chi connectivity index (χ0) is 24.0. The standard InChI is InChI=1S/C22H33FN4O5S/c1-16(17-8-9-19(23)20(13-17)32-15-18-7-6-10-26(18)2)25-33(30,31)12-5-3-4-11-27-14-21(28)24-22(27)29/h8-9,13,16,18,25H,3-7,10-12,14-15H2,1-2H3,(H,24,28,29)/t16-,18?/m1/s1. The van der Waals surface area contributed by atoms with Crippen LogP contribution in [0.25, 0.3) is 0 Å². The lowest BCUT2D eigenvalue weighted by Crippen LogP contribution is -2.31. The summed E-state index contributed by atoms with van der Waals surface area (Å²) in [7, 11) is -1.52. The summed E-state index contributed by atoms with van der Waals surface area (Å²) >= 11 is 0. The van der Waals surface area contributed by atoms with Crippen LogP contribution in [0, 0.1) is 5.82 Å². The van der Waals surface area contributed by atoms with Crippen molar-refractivity contribution in [3.05, 3.63) is 29.6 Å². The first kappa shape index (κ1) is 25.4. The summed E-state index contributed by atoms with van der Waals surface area (Å²) in [5.41, 5.74) is 0.625. The van der Waals surface area contributed by atoms with Crippen molar-refractivity contribution >= 4 is 22.0 Å². The minimum atomic E-state index is -3.54. The molecule has 2 aliphatic heterocycles. The highest BCUT2D eigenvalue weighted by Crippen LogP contribution is 2.25. The molecule has 11 heteroatoms. The van der Waals surface area contributed by atoms with Crippen molar-refractivity contribution in [1.82, 2.24) is 19.8 Å². The molecular formula is C22H33FN4O5S. The van der Waals surface area contributed by atoms with Crippen molar-refractivity contribution < 1.29 is 27.1 Å². The van der Waals surface area contributed by atoms with Gasteiger partial charge in [0, 0.05) is 18.6 Å². The number of imide groups is 1. The largest absolute Gasteiger partial charge is 0.489 e. The first-order chi connectivity index (χ1) is 15.6. The van der Waals surface area contributed by atoms with Crippen molar-refractivity contribution in [3.8, 4) is 5.75 Å². The highest BCUT2D eigenvalue weighted by atomic mass is 32.2. The Labute approximate surface area is 194 Å². The van der Waals surface area contributed by atoms with E-state index in [2.05, 4.69) is 14.9 Å². The molecule has 2 aliphatic rings. The Hall–Kier alpha value is -2.24. The van der Waals surface area contributed by atoms with Gasteiger partial charge in [0.2, 0.25) is 15.9 Å². The topological polar surface area (TPSA) is 108 Å². The summed E-state index contributed by atoms with van der Waals surface area (Å²) in [6.45, 7) is 3.57. The molecule has 1 aromatic rings. The van der Waals surface area contributed by atoms with E-state index in [1.165, 1.54) is 11.0 Å². The monoisotopic (exact) mass is 484 g/mol. The number of carbonyl (C=O) groups excluding carboxylic acids is 2. The van der Waals surface area contributed by atoms with E-state index in [0.717, 1.165) is 19.4 Å². The number of amides is 3. The van der Waals surface area contributed by atoms with Gasteiger partial charge in [0.25, 0.3) is 0 Å². The van der Waals surface area contributed by atoms with E-state index < -0.39 is 27.9 Å². The molecule has 2 saturated heterocycles. The Kier molecular flexibility index (Phi) is 8.66. The highest BCUT2D eigenvalue weighted by molar-refractivity contribution is 7.89. The number of ether oxygens (including phenoxy) is 1. The summed E-state index contributed by atoms with van der Waals surface area (Å²) < 4.78 is 47.5. The maximum Gasteiger partial charge on any atom is 0.324 e. The number of nitrogens with one attached hydrogen (secondary N) is 2. The lowest BCUT2D eigenvalue weighted by molar-refractivity contribution is -0.118. The molecule has 9 nitrogen and oxygen atoms in total. The third-order valence-electron chi connectivity index (χ3n) is 6.12. The minimum Gasteiger partial charge on any atom is -0.489 e. The van der Waals surface area contributed by atoms with Gasteiger partial charge in [0.05, 0.1) is 5.75 Å². The van der Waals surface area contributed by atoms with Crippen LogP contribution in [0.5, 0.6) is 5.75 Å². The molecule has 0 saturated carbocycles. The number of hydrogen-bond donors (Lipinski definition) is 2. The van der Waals surface area contributed by atoms with Crippen LogP contribution in [0.1, 0.15) is 50.6 Å². The fraction of sp³-hybridized carbons (Fsp3) is 0.636. The van der Waals surface area contributed by atoms with E-state index in [9.17, 15) is 22.4 Å². The second kappa shape index (κ2) is 11.3. The molecule has 184 valence electrons. The van der Waals surface area contributed by atoms with Crippen LogP contribution < -0.4 is 14.8 Å². The first-order valence-corrected chi connectivity index (χ1v) is 13.0. The summed E-state index contributed by atoms with van der Waals surface area (Å²) in [6.07, 6.45) is 3.76. The summed E-state index contributed by atoms with van der Waals surface area (Å²) in [5, 5.41) is 2.21. The van der Waals surface area contributed by atoms with E-state index in [1.807, 2.05) is 7.05 Å². The van der Waals surface area contributed by atoms with Gasteiger partial charge in [-0.3, -0.25) is 10.1 Å². The van der Waals surface area contributed by atoms with Gasteiger partial charge in [-0.15, -0.1) is 0 Å². The van der Waals surface area contributed by atoms with E-state index >= 15 is 0 Å². The summed E-state index contributed by atoms with van der Waals surface area (Å²) in [6, 6.07) is 3.73. The third kappa shape index (κ3) is 7.38. The third-order valence-corrected chi connectivity index (χ3v) is 7.66. The molecule has 0 aliphatic carbocycles.